The summed E-state index contributed by atoms with van der Waals surface area (Å²) in [7, 11) is 0. The first-order valence-electron chi connectivity index (χ1n) is 23.6. The van der Waals surface area contributed by atoms with Crippen molar-refractivity contribution in [3.05, 3.63) is 194 Å². The fourth-order valence-corrected chi connectivity index (χ4v) is 7.61. The Labute approximate surface area is 334 Å². The third kappa shape index (κ3) is 5.03. The Morgan fingerprint density at radius 2 is 0.873 bits per heavy atom. The van der Waals surface area contributed by atoms with E-state index in [4.69, 9.17) is 24.5 Å². The van der Waals surface area contributed by atoms with E-state index in [0.717, 1.165) is 32.3 Å². The predicted molar refractivity (Wildman–Crippen MR) is 228 cm³/mol. The molecule has 0 saturated heterocycles. The number of hydrogen-bond donors (Lipinski definition) is 0. The van der Waals surface area contributed by atoms with E-state index in [1.54, 1.807) is 0 Å². The Morgan fingerprint density at radius 1 is 0.364 bits per heavy atom. The summed E-state index contributed by atoms with van der Waals surface area (Å²) in [6.45, 7) is 0. The Bertz CT molecular complexity index is 3870. The third-order valence-electron chi connectivity index (χ3n) is 10.0. The van der Waals surface area contributed by atoms with Crippen molar-refractivity contribution in [3.63, 3.8) is 0 Å². The van der Waals surface area contributed by atoms with Crippen molar-refractivity contribution >= 4 is 54.1 Å². The summed E-state index contributed by atoms with van der Waals surface area (Å²) >= 11 is 0. The standard InChI is InChI=1S/C51H32N4/c1-4-17-33(18-5-1)36-28-16-30-46-48(36)41-27-14-15-29-45(41)55(46)47-32-43-40-26-13-11-24-38(40)37-23-10-12-25-39(37)42(43)31-44(47)51-53-49(34-19-6-2-7-20-34)52-50(54-51)35-21-8-3-9-22-35/h1-32H/i1D,4D,5D,14D,15D,16D,17D,18D,27D,28D,29D,30D. The van der Waals surface area contributed by atoms with Gasteiger partial charge < -0.3 is 4.57 Å². The van der Waals surface area contributed by atoms with E-state index in [1.165, 1.54) is 4.57 Å². The van der Waals surface area contributed by atoms with Crippen molar-refractivity contribution in [1.82, 2.24) is 19.5 Å². The minimum Gasteiger partial charge on any atom is -0.308 e. The molecule has 0 fully saturated rings. The van der Waals surface area contributed by atoms with Crippen LogP contribution in [-0.2, 0) is 0 Å². The predicted octanol–water partition coefficient (Wildman–Crippen LogP) is 13.1. The molecule has 0 radical (unpaired) electrons. The van der Waals surface area contributed by atoms with Crippen molar-refractivity contribution in [2.75, 3.05) is 0 Å². The zero-order valence-electron chi connectivity index (χ0n) is 40.8. The van der Waals surface area contributed by atoms with Gasteiger partial charge in [-0.1, -0.05) is 170 Å². The highest BCUT2D eigenvalue weighted by Gasteiger charge is 2.23. The lowest BCUT2D eigenvalue weighted by Gasteiger charge is -2.18. The lowest BCUT2D eigenvalue weighted by molar-refractivity contribution is 1.07. The van der Waals surface area contributed by atoms with E-state index >= 15 is 0 Å². The van der Waals surface area contributed by atoms with Crippen LogP contribution in [0.4, 0.5) is 0 Å². The smallest absolute Gasteiger partial charge is 0.166 e. The molecule has 256 valence electrons. The maximum Gasteiger partial charge on any atom is 0.166 e. The Kier molecular flexibility index (Phi) is 4.89. The molecular formula is C51H32N4. The second-order valence-electron chi connectivity index (χ2n) is 13.1. The van der Waals surface area contributed by atoms with Gasteiger partial charge in [-0.3, -0.25) is 0 Å². The van der Waals surface area contributed by atoms with Crippen molar-refractivity contribution in [2.24, 2.45) is 0 Å². The molecule has 0 bridgehead atoms. The molecular weight excluding hydrogens is 669 g/mol. The summed E-state index contributed by atoms with van der Waals surface area (Å²) in [5, 5.41) is 4.83. The van der Waals surface area contributed by atoms with Gasteiger partial charge in [-0.05, 0) is 67.7 Å². The van der Waals surface area contributed by atoms with Crippen LogP contribution in [0.5, 0.6) is 0 Å². The SMILES string of the molecule is [2H]c1c([2H])c([2H])c(-c2c([2H])c([2H])c([2H])c3c2c2c([2H])c([2H])c([2H])c([2H])c2n3-c2cc3c4ccccc4c4ccccc4c3cc2-c2nc(-c3ccccc3)nc(-c3ccccc3)n2)c([2H])c1[2H]. The second kappa shape index (κ2) is 12.6. The number of hydrogen-bond acceptors (Lipinski definition) is 3. The highest BCUT2D eigenvalue weighted by molar-refractivity contribution is 6.26. The molecule has 0 amide bonds. The molecule has 2 heterocycles. The lowest BCUT2D eigenvalue weighted by atomic mass is 9.92. The van der Waals surface area contributed by atoms with Gasteiger partial charge in [-0.15, -0.1) is 0 Å². The highest BCUT2D eigenvalue weighted by atomic mass is 15.1. The highest BCUT2D eigenvalue weighted by Crippen LogP contribution is 2.44. The van der Waals surface area contributed by atoms with Gasteiger partial charge in [-0.2, -0.15) is 0 Å². The molecule has 4 nitrogen and oxygen atoms in total. The maximum atomic E-state index is 9.67. The van der Waals surface area contributed by atoms with Gasteiger partial charge in [-0.25, -0.2) is 15.0 Å². The van der Waals surface area contributed by atoms with Crippen LogP contribution in [0.1, 0.15) is 16.4 Å². The van der Waals surface area contributed by atoms with Gasteiger partial charge >= 0.3 is 0 Å². The van der Waals surface area contributed by atoms with E-state index in [2.05, 4.69) is 0 Å². The molecule has 0 aliphatic heterocycles. The van der Waals surface area contributed by atoms with Crippen LogP contribution in [0.2, 0.25) is 0 Å². The molecule has 0 aliphatic carbocycles. The van der Waals surface area contributed by atoms with E-state index in [0.29, 0.717) is 28.3 Å². The molecule has 0 aliphatic rings. The number of rotatable bonds is 5. The summed E-state index contributed by atoms with van der Waals surface area (Å²) in [6, 6.07) is 30.7. The average Bonchev–Trinajstić information content (AvgIpc) is 3.72. The monoisotopic (exact) mass is 712 g/mol. The molecule has 11 aromatic rings. The van der Waals surface area contributed by atoms with E-state index in [9.17, 15) is 6.85 Å². The lowest BCUT2D eigenvalue weighted by Crippen LogP contribution is -2.04. The minimum atomic E-state index is -0.704. The number of benzene rings is 9. The fourth-order valence-electron chi connectivity index (χ4n) is 7.61. The molecule has 2 aromatic heterocycles. The minimum absolute atomic E-state index is 0.139. The van der Waals surface area contributed by atoms with Crippen molar-refractivity contribution < 1.29 is 16.4 Å². The molecule has 0 atom stereocenters. The normalized spacial score (nSPS) is 14.7. The molecule has 11 rings (SSSR count). The van der Waals surface area contributed by atoms with Crippen LogP contribution in [0.15, 0.2) is 194 Å². The van der Waals surface area contributed by atoms with Gasteiger partial charge in [0.2, 0.25) is 0 Å². The van der Waals surface area contributed by atoms with Crippen molar-refractivity contribution in [1.29, 1.82) is 0 Å². The zero-order chi connectivity index (χ0) is 46.7. The quantitative estimate of drug-likeness (QED) is 0.167. The van der Waals surface area contributed by atoms with Crippen molar-refractivity contribution in [2.45, 2.75) is 0 Å². The van der Waals surface area contributed by atoms with Gasteiger partial charge in [0.05, 0.1) is 33.2 Å². The average molecular weight is 713 g/mol. The van der Waals surface area contributed by atoms with E-state index < -0.39 is 78.1 Å². The van der Waals surface area contributed by atoms with Crippen LogP contribution in [0, 0.1) is 0 Å². The first-order chi connectivity index (χ1) is 32.3. The molecule has 0 spiro atoms. The Morgan fingerprint density at radius 3 is 1.51 bits per heavy atom. The number of aromatic nitrogens is 4. The van der Waals surface area contributed by atoms with Crippen LogP contribution in [0.3, 0.4) is 0 Å². The molecule has 0 saturated carbocycles. The summed E-state index contributed by atoms with van der Waals surface area (Å²) in [4.78, 5) is 15.1. The largest absolute Gasteiger partial charge is 0.308 e. The molecule has 0 unspecified atom stereocenters. The van der Waals surface area contributed by atoms with Crippen molar-refractivity contribution in [3.8, 4) is 51.0 Å². The summed E-state index contributed by atoms with van der Waals surface area (Å²) in [5.41, 5.74) is 0.864. The van der Waals surface area contributed by atoms with Gasteiger partial charge in [0.1, 0.15) is 0 Å². The van der Waals surface area contributed by atoms with Gasteiger partial charge in [0, 0.05) is 27.5 Å². The molecule has 4 heteroatoms. The van der Waals surface area contributed by atoms with Crippen LogP contribution < -0.4 is 0 Å². The number of fused-ring (bicyclic) bond motifs is 9. The van der Waals surface area contributed by atoms with Crippen LogP contribution in [-0.4, -0.2) is 19.5 Å². The third-order valence-corrected chi connectivity index (χ3v) is 10.0. The maximum absolute atomic E-state index is 9.67. The van der Waals surface area contributed by atoms with E-state index in [1.807, 2.05) is 121 Å². The number of nitrogens with zero attached hydrogens (tertiary/aromatic N) is 4. The fraction of sp³-hybridized carbons (Fsp3) is 0. The topological polar surface area (TPSA) is 43.6 Å². The first-order valence-corrected chi connectivity index (χ1v) is 17.6. The van der Waals surface area contributed by atoms with E-state index in [-0.39, 0.29) is 38.9 Å². The summed E-state index contributed by atoms with van der Waals surface area (Å²) < 4.78 is 110. The number of para-hydroxylation sites is 1. The first kappa shape index (κ1) is 21.3. The molecule has 55 heavy (non-hydrogen) atoms. The van der Waals surface area contributed by atoms with Crippen LogP contribution in [0.25, 0.3) is 105 Å². The Balaban J connectivity index is 1.41. The van der Waals surface area contributed by atoms with Crippen LogP contribution >= 0.6 is 0 Å². The second-order valence-corrected chi connectivity index (χ2v) is 13.1. The zero-order valence-corrected chi connectivity index (χ0v) is 28.8. The van der Waals surface area contributed by atoms with Gasteiger partial charge in [0.15, 0.2) is 17.5 Å². The Hall–Kier alpha value is -7.43. The van der Waals surface area contributed by atoms with Gasteiger partial charge in [0.25, 0.3) is 0 Å². The molecule has 0 N–H and O–H groups in total. The molecule has 9 aromatic carbocycles. The summed E-state index contributed by atoms with van der Waals surface area (Å²) in [5.74, 6) is 0.832. The summed E-state index contributed by atoms with van der Waals surface area (Å²) in [6.07, 6.45) is 0.